The zero-order valence-electron chi connectivity index (χ0n) is 20.8. The molecule has 0 saturated heterocycles. The second-order valence-electron chi connectivity index (χ2n) is 9.13. The fourth-order valence-electron chi connectivity index (χ4n) is 4.25. The van der Waals surface area contributed by atoms with Gasteiger partial charge >= 0.3 is 0 Å². The molecule has 0 aliphatic heterocycles. The molecule has 0 atom stereocenters. The van der Waals surface area contributed by atoms with Gasteiger partial charge in [0.15, 0.2) is 0 Å². The molecule has 180 valence electrons. The van der Waals surface area contributed by atoms with Gasteiger partial charge in [-0.2, -0.15) is 0 Å². The maximum atomic E-state index is 6.16. The molecule has 2 aromatic rings. The molecule has 5 heteroatoms. The summed E-state index contributed by atoms with van der Waals surface area (Å²) in [6, 6.07) is 10.2. The van der Waals surface area contributed by atoms with Gasteiger partial charge in [-0.1, -0.05) is 5.57 Å². The molecular formula is C29H36N2O3. The number of hydrogen-bond acceptors (Lipinski definition) is 5. The van der Waals surface area contributed by atoms with Gasteiger partial charge in [-0.25, -0.2) is 4.98 Å². The van der Waals surface area contributed by atoms with E-state index in [1.54, 1.807) is 7.11 Å². The first-order chi connectivity index (χ1) is 16.6. The summed E-state index contributed by atoms with van der Waals surface area (Å²) in [4.78, 5) is 4.62. The fraction of sp³-hybridized carbons (Fsp3) is 0.414. The van der Waals surface area contributed by atoms with Gasteiger partial charge in [0.25, 0.3) is 0 Å². The summed E-state index contributed by atoms with van der Waals surface area (Å²) in [7, 11) is 1.67. The number of ether oxygens (including phenoxy) is 3. The van der Waals surface area contributed by atoms with Gasteiger partial charge in [-0.05, 0) is 101 Å². The number of benzene rings is 1. The molecule has 2 fully saturated rings. The van der Waals surface area contributed by atoms with Crippen molar-refractivity contribution in [1.82, 2.24) is 4.98 Å². The lowest BCUT2D eigenvalue weighted by atomic mass is 10.1. The highest BCUT2D eigenvalue weighted by molar-refractivity contribution is 5.81. The van der Waals surface area contributed by atoms with Crippen LogP contribution >= 0.6 is 0 Å². The third-order valence-electron chi connectivity index (χ3n) is 6.05. The number of pyridine rings is 1. The Kier molecular flexibility index (Phi) is 7.94. The molecule has 2 aliphatic carbocycles. The Hall–Kier alpha value is -3.21. The molecule has 1 aromatic carbocycles. The number of rotatable bonds is 10. The minimum Gasteiger partial charge on any atom is -0.496 e. The number of hydrogen-bond donors (Lipinski definition) is 1. The van der Waals surface area contributed by atoms with E-state index in [4.69, 9.17) is 14.2 Å². The van der Waals surface area contributed by atoms with Crippen LogP contribution in [0.4, 0.5) is 5.82 Å². The van der Waals surface area contributed by atoms with Crippen LogP contribution in [0.1, 0.15) is 70.4 Å². The smallest absolute Gasteiger partial charge is 0.130 e. The van der Waals surface area contributed by atoms with E-state index < -0.39 is 0 Å². The summed E-state index contributed by atoms with van der Waals surface area (Å²) < 4.78 is 17.6. The first-order valence-electron chi connectivity index (χ1n) is 12.3. The van der Waals surface area contributed by atoms with Crippen molar-refractivity contribution in [3.05, 3.63) is 71.0 Å². The summed E-state index contributed by atoms with van der Waals surface area (Å²) in [6.45, 7) is 6.63. The van der Waals surface area contributed by atoms with Gasteiger partial charge in [-0.15, -0.1) is 0 Å². The standard InChI is InChI=1S/C29H36N2O3/c1-5-27(32-4)23-12-13-28(30-19-23)31-29(22-10-11-22)24-16-25(18-26(17-24)34-20(2)3)33-15-14-21-8-6-7-9-21/h5,12-14,16-20H,6-11,15H2,1-4H3,(H,30,31)/b27-5-. The second-order valence-corrected chi connectivity index (χ2v) is 9.13. The van der Waals surface area contributed by atoms with Crippen molar-refractivity contribution in [3.8, 4) is 11.5 Å². The van der Waals surface area contributed by atoms with Crippen LogP contribution in [0.5, 0.6) is 11.5 Å². The van der Waals surface area contributed by atoms with E-state index in [1.807, 2.05) is 51.2 Å². The summed E-state index contributed by atoms with van der Waals surface area (Å²) >= 11 is 0. The molecule has 1 heterocycles. The van der Waals surface area contributed by atoms with Crippen LogP contribution in [0.15, 0.2) is 59.8 Å². The highest BCUT2D eigenvalue weighted by Crippen LogP contribution is 2.39. The molecule has 2 saturated carbocycles. The molecule has 4 rings (SSSR count). The number of anilines is 1. The quantitative estimate of drug-likeness (QED) is 0.296. The average molecular weight is 461 g/mol. The number of allylic oxidation sites excluding steroid dienone is 3. The van der Waals surface area contributed by atoms with E-state index in [-0.39, 0.29) is 6.10 Å². The van der Waals surface area contributed by atoms with E-state index in [2.05, 4.69) is 28.5 Å². The Labute approximate surface area is 203 Å². The van der Waals surface area contributed by atoms with Crippen LogP contribution in [0.3, 0.4) is 0 Å². The van der Waals surface area contributed by atoms with Crippen LogP contribution in [0.2, 0.25) is 0 Å². The SMILES string of the molecule is C/C=C(\OC)c1ccc(NC(=C2CC2)c2cc(OCC=C3CCCC3)cc(OC(C)C)c2)nc1. The normalized spacial score (nSPS) is 15.4. The largest absolute Gasteiger partial charge is 0.496 e. The summed E-state index contributed by atoms with van der Waals surface area (Å²) in [5.74, 6) is 3.25. The number of methoxy groups -OCH3 is 1. The molecule has 0 unspecified atom stereocenters. The van der Waals surface area contributed by atoms with Crippen molar-refractivity contribution in [2.24, 2.45) is 0 Å². The average Bonchev–Trinajstić information content (AvgIpc) is 3.53. The maximum absolute atomic E-state index is 6.16. The monoisotopic (exact) mass is 460 g/mol. The predicted molar refractivity (Wildman–Crippen MR) is 139 cm³/mol. The van der Waals surface area contributed by atoms with E-state index in [0.717, 1.165) is 52.7 Å². The Morgan fingerprint density at radius 1 is 1.03 bits per heavy atom. The lowest BCUT2D eigenvalue weighted by molar-refractivity contribution is 0.240. The van der Waals surface area contributed by atoms with Gasteiger partial charge in [0.05, 0.1) is 13.2 Å². The molecule has 0 amide bonds. The first kappa shape index (κ1) is 23.9. The van der Waals surface area contributed by atoms with Gasteiger partial charge in [0.2, 0.25) is 0 Å². The minimum absolute atomic E-state index is 0.0875. The molecule has 1 aromatic heterocycles. The fourth-order valence-corrected chi connectivity index (χ4v) is 4.25. The maximum Gasteiger partial charge on any atom is 0.130 e. The Bertz CT molecular complexity index is 1070. The molecule has 2 aliphatic rings. The van der Waals surface area contributed by atoms with Gasteiger partial charge in [-0.3, -0.25) is 0 Å². The van der Waals surface area contributed by atoms with Crippen LogP contribution in [-0.4, -0.2) is 24.8 Å². The van der Waals surface area contributed by atoms with Crippen LogP contribution in [-0.2, 0) is 4.74 Å². The van der Waals surface area contributed by atoms with Crippen molar-refractivity contribution in [1.29, 1.82) is 0 Å². The van der Waals surface area contributed by atoms with Crippen LogP contribution in [0.25, 0.3) is 11.5 Å². The van der Waals surface area contributed by atoms with Crippen LogP contribution in [0, 0.1) is 0 Å². The molecule has 34 heavy (non-hydrogen) atoms. The highest BCUT2D eigenvalue weighted by Gasteiger charge is 2.21. The summed E-state index contributed by atoms with van der Waals surface area (Å²) in [5.41, 5.74) is 6.01. The Morgan fingerprint density at radius 2 is 1.79 bits per heavy atom. The second kappa shape index (κ2) is 11.3. The number of nitrogens with zero attached hydrogens (tertiary/aromatic N) is 1. The zero-order valence-corrected chi connectivity index (χ0v) is 20.8. The number of nitrogens with one attached hydrogen (secondary N) is 1. The molecule has 0 spiro atoms. The van der Waals surface area contributed by atoms with Crippen molar-refractivity contribution in [2.75, 3.05) is 19.0 Å². The molecular weight excluding hydrogens is 424 g/mol. The Balaban J connectivity index is 1.57. The van der Waals surface area contributed by atoms with E-state index in [9.17, 15) is 0 Å². The molecule has 1 N–H and O–H groups in total. The molecule has 5 nitrogen and oxygen atoms in total. The van der Waals surface area contributed by atoms with Gasteiger partial charge in [0, 0.05) is 29.1 Å². The Morgan fingerprint density at radius 3 is 2.41 bits per heavy atom. The van der Waals surface area contributed by atoms with Gasteiger partial charge in [0.1, 0.15) is 29.7 Å². The van der Waals surface area contributed by atoms with Gasteiger partial charge < -0.3 is 19.5 Å². The highest BCUT2D eigenvalue weighted by atomic mass is 16.5. The zero-order chi connectivity index (χ0) is 23.9. The first-order valence-corrected chi connectivity index (χ1v) is 12.3. The molecule has 0 bridgehead atoms. The van der Waals surface area contributed by atoms with E-state index in [1.165, 1.54) is 36.8 Å². The van der Waals surface area contributed by atoms with E-state index >= 15 is 0 Å². The van der Waals surface area contributed by atoms with E-state index in [0.29, 0.717) is 6.61 Å². The third-order valence-corrected chi connectivity index (χ3v) is 6.05. The van der Waals surface area contributed by atoms with Crippen molar-refractivity contribution < 1.29 is 14.2 Å². The van der Waals surface area contributed by atoms with Crippen LogP contribution < -0.4 is 14.8 Å². The minimum atomic E-state index is 0.0875. The lowest BCUT2D eigenvalue weighted by Gasteiger charge is -2.17. The predicted octanol–water partition coefficient (Wildman–Crippen LogP) is 7.37. The van der Waals surface area contributed by atoms with Crippen molar-refractivity contribution in [2.45, 2.75) is 65.4 Å². The number of aromatic nitrogens is 1. The summed E-state index contributed by atoms with van der Waals surface area (Å²) in [6.07, 6.45) is 13.3. The topological polar surface area (TPSA) is 52.6 Å². The lowest BCUT2D eigenvalue weighted by Crippen LogP contribution is -2.07. The van der Waals surface area contributed by atoms with Crippen molar-refractivity contribution in [3.63, 3.8) is 0 Å². The van der Waals surface area contributed by atoms with Crippen molar-refractivity contribution >= 4 is 17.3 Å². The third kappa shape index (κ3) is 6.43. The molecule has 0 radical (unpaired) electrons. The summed E-state index contributed by atoms with van der Waals surface area (Å²) in [5, 5.41) is 3.55.